The molecule has 0 aromatic heterocycles. The fourth-order valence-electron chi connectivity index (χ4n) is 9.19. The van der Waals surface area contributed by atoms with E-state index >= 15 is 0 Å². The summed E-state index contributed by atoms with van der Waals surface area (Å²) in [5.74, 6) is 1.31. The topological polar surface area (TPSA) is 0 Å². The van der Waals surface area contributed by atoms with Crippen LogP contribution in [-0.2, 0) is 32.1 Å². The number of benzene rings is 4. The number of hydrogen-bond donors (Lipinski definition) is 0. The molecule has 6 rings (SSSR count). The molecular weight excluding hydrogens is 704 g/mol. The van der Waals surface area contributed by atoms with E-state index in [4.69, 9.17) is 0 Å². The zero-order valence-electron chi connectivity index (χ0n) is 34.9. The van der Waals surface area contributed by atoms with Crippen molar-refractivity contribution in [3.05, 3.63) is 127 Å². The van der Waals surface area contributed by atoms with E-state index in [-0.39, 0.29) is 10.8 Å². The Morgan fingerprint density at radius 1 is 0.577 bits per heavy atom. The Bertz CT molecular complexity index is 1940. The molecule has 0 nitrogen and oxygen atoms in total. The van der Waals surface area contributed by atoms with Gasteiger partial charge in [0.1, 0.15) is 0 Å². The number of hydrogen-bond acceptors (Lipinski definition) is 0. The SMILES string of the molecule is Cc1cc(C)cc(-c2cc3c(cc2C(C)(C)C)-c2cc(C(C)(C)C)c(-c4cc(C)cc(C)c4)cc2[CH]3[Zr]([C]2=CC=CC2)=[C](CC(C)C)CC(C)C)c1. The zero-order chi connectivity index (χ0) is 37.9. The Hall–Kier alpha value is -2.89. The molecule has 0 saturated carbocycles. The summed E-state index contributed by atoms with van der Waals surface area (Å²) in [6, 6.07) is 25.0. The van der Waals surface area contributed by atoms with Gasteiger partial charge in [0.05, 0.1) is 0 Å². The van der Waals surface area contributed by atoms with Gasteiger partial charge in [-0.2, -0.15) is 0 Å². The summed E-state index contributed by atoms with van der Waals surface area (Å²) in [7, 11) is 0. The first-order valence-electron chi connectivity index (χ1n) is 19.9. The molecule has 0 heterocycles. The number of fused-ring (bicyclic) bond motifs is 3. The molecule has 272 valence electrons. The standard InChI is InChI=1S/C37H41.C9H18.C5H5.Zr/c1-22-11-23(2)14-26(13-22)32-18-28-17-29-19-33(27-15-24(3)12-25(4)16-27)35(37(8,9)10)21-31(29)30(28)20-34(32)36(5,6)7;1-8(2)6-5-7-9(3)4;1-2-4-5-3-1;/h11-21H,1-10H3;8-9H,6-7H2,1-4H3;1-3H,4H2;. The zero-order valence-corrected chi connectivity index (χ0v) is 37.3. The van der Waals surface area contributed by atoms with E-state index in [1.165, 1.54) is 79.6 Å². The van der Waals surface area contributed by atoms with Gasteiger partial charge in [0.15, 0.2) is 0 Å². The van der Waals surface area contributed by atoms with E-state index in [2.05, 4.69) is 176 Å². The van der Waals surface area contributed by atoms with Gasteiger partial charge < -0.3 is 0 Å². The fraction of sp³-hybridized carbons (Fsp3) is 0.431. The monoisotopic (exact) mass is 766 g/mol. The van der Waals surface area contributed by atoms with Gasteiger partial charge >= 0.3 is 327 Å². The van der Waals surface area contributed by atoms with Gasteiger partial charge in [0.2, 0.25) is 0 Å². The molecule has 0 fully saturated rings. The molecule has 52 heavy (non-hydrogen) atoms. The van der Waals surface area contributed by atoms with Gasteiger partial charge in [-0.05, 0) is 0 Å². The Morgan fingerprint density at radius 2 is 0.981 bits per heavy atom. The molecule has 0 N–H and O–H groups in total. The van der Waals surface area contributed by atoms with E-state index < -0.39 is 21.3 Å². The van der Waals surface area contributed by atoms with Crippen LogP contribution in [0.15, 0.2) is 82.2 Å². The summed E-state index contributed by atoms with van der Waals surface area (Å²) >= 11 is -2.56. The van der Waals surface area contributed by atoms with Crippen LogP contribution >= 0.6 is 0 Å². The molecule has 2 aliphatic rings. The number of rotatable bonds is 8. The predicted octanol–water partition coefficient (Wildman–Crippen LogP) is 14.6. The van der Waals surface area contributed by atoms with Gasteiger partial charge in [0, 0.05) is 0 Å². The first-order chi connectivity index (χ1) is 24.3. The molecule has 2 aliphatic carbocycles. The van der Waals surface area contributed by atoms with Crippen molar-refractivity contribution >= 4 is 3.21 Å². The third-order valence-electron chi connectivity index (χ3n) is 11.1. The van der Waals surface area contributed by atoms with Gasteiger partial charge in [-0.1, -0.05) is 0 Å². The van der Waals surface area contributed by atoms with Crippen molar-refractivity contribution in [2.24, 2.45) is 11.8 Å². The molecule has 0 bridgehead atoms. The summed E-state index contributed by atoms with van der Waals surface area (Å²) in [4.78, 5) is 0. The van der Waals surface area contributed by atoms with Gasteiger partial charge in [0.25, 0.3) is 0 Å². The van der Waals surface area contributed by atoms with Gasteiger partial charge in [-0.25, -0.2) is 0 Å². The van der Waals surface area contributed by atoms with Crippen LogP contribution in [0, 0.1) is 39.5 Å². The number of aryl methyl sites for hydroxylation is 4. The predicted molar refractivity (Wildman–Crippen MR) is 227 cm³/mol. The van der Waals surface area contributed by atoms with Crippen molar-refractivity contribution in [3.8, 4) is 33.4 Å². The van der Waals surface area contributed by atoms with Crippen molar-refractivity contribution in [1.29, 1.82) is 0 Å². The molecule has 4 aromatic rings. The Kier molecular flexibility index (Phi) is 11.0. The van der Waals surface area contributed by atoms with Crippen molar-refractivity contribution in [2.75, 3.05) is 0 Å². The molecule has 0 spiro atoms. The number of allylic oxidation sites excluding steroid dienone is 4. The molecule has 0 saturated heterocycles. The molecule has 1 heteroatoms. The van der Waals surface area contributed by atoms with Crippen LogP contribution in [0.4, 0.5) is 0 Å². The molecule has 0 atom stereocenters. The van der Waals surface area contributed by atoms with Crippen LogP contribution in [0.3, 0.4) is 0 Å². The minimum absolute atomic E-state index is 0.00178. The Morgan fingerprint density at radius 3 is 1.31 bits per heavy atom. The van der Waals surface area contributed by atoms with Crippen LogP contribution in [0.5, 0.6) is 0 Å². The second kappa shape index (κ2) is 14.7. The second-order valence-corrected chi connectivity index (χ2v) is 26.0. The van der Waals surface area contributed by atoms with E-state index in [9.17, 15) is 0 Å². The maximum atomic E-state index is 2.70. The van der Waals surface area contributed by atoms with E-state index in [1.54, 1.807) is 14.4 Å². The van der Waals surface area contributed by atoms with E-state index in [1.807, 2.05) is 3.21 Å². The minimum atomic E-state index is -2.56. The van der Waals surface area contributed by atoms with Gasteiger partial charge in [-0.15, -0.1) is 0 Å². The van der Waals surface area contributed by atoms with Crippen molar-refractivity contribution in [1.82, 2.24) is 0 Å². The molecule has 0 aliphatic heterocycles. The summed E-state index contributed by atoms with van der Waals surface area (Å²) in [5.41, 5.74) is 20.0. The first-order valence-corrected chi connectivity index (χ1v) is 23.8. The molecule has 4 aromatic carbocycles. The summed E-state index contributed by atoms with van der Waals surface area (Å²) in [5, 5.41) is 0. The van der Waals surface area contributed by atoms with E-state index in [0.29, 0.717) is 15.5 Å². The third kappa shape index (κ3) is 7.97. The molecular formula is C51H64Zr. The van der Waals surface area contributed by atoms with Crippen LogP contribution in [0.1, 0.15) is 137 Å². The Balaban J connectivity index is 1.79. The normalized spacial score (nSPS) is 14.3. The van der Waals surface area contributed by atoms with E-state index in [0.717, 1.165) is 6.42 Å². The molecule has 0 radical (unpaired) electrons. The maximum absolute atomic E-state index is 2.70. The second-order valence-electron chi connectivity index (χ2n) is 19.2. The Labute approximate surface area is 325 Å². The van der Waals surface area contributed by atoms with Crippen LogP contribution in [0.25, 0.3) is 33.4 Å². The summed E-state index contributed by atoms with van der Waals surface area (Å²) in [6.07, 6.45) is 11.0. The first kappa shape index (κ1) is 38.8. The van der Waals surface area contributed by atoms with Crippen LogP contribution < -0.4 is 0 Å². The summed E-state index contributed by atoms with van der Waals surface area (Å²) in [6.45, 7) is 33.3. The average Bonchev–Trinajstić information content (AvgIpc) is 3.64. The van der Waals surface area contributed by atoms with Crippen molar-refractivity contribution in [2.45, 2.75) is 131 Å². The summed E-state index contributed by atoms with van der Waals surface area (Å²) < 4.78 is 4.15. The fourth-order valence-corrected chi connectivity index (χ4v) is 19.5. The van der Waals surface area contributed by atoms with Crippen LogP contribution in [-0.4, -0.2) is 3.21 Å². The third-order valence-corrected chi connectivity index (χ3v) is 19.5. The quantitative estimate of drug-likeness (QED) is 0.167. The van der Waals surface area contributed by atoms with Crippen LogP contribution in [0.2, 0.25) is 0 Å². The van der Waals surface area contributed by atoms with Crippen molar-refractivity contribution in [3.63, 3.8) is 0 Å². The average molecular weight is 768 g/mol. The van der Waals surface area contributed by atoms with Gasteiger partial charge in [-0.3, -0.25) is 0 Å². The molecule has 0 unspecified atom stereocenters. The van der Waals surface area contributed by atoms with Crippen molar-refractivity contribution < 1.29 is 21.3 Å². The molecule has 0 amide bonds.